The van der Waals surface area contributed by atoms with Gasteiger partial charge >= 0.3 is 6.09 Å². The lowest BCUT2D eigenvalue weighted by atomic mass is 10.1. The first kappa shape index (κ1) is 30.1. The molecule has 3 N–H and O–H groups in total. The van der Waals surface area contributed by atoms with Crippen LogP contribution in [0.15, 0.2) is 18.2 Å². The van der Waals surface area contributed by atoms with Crippen molar-refractivity contribution < 1.29 is 33.8 Å². The highest BCUT2D eigenvalue weighted by Gasteiger charge is 2.19. The maximum atomic E-state index is 11.9. The van der Waals surface area contributed by atoms with Gasteiger partial charge in [-0.25, -0.2) is 4.79 Å². The summed E-state index contributed by atoms with van der Waals surface area (Å²) in [7, 11) is 0. The number of rotatable bonds is 17. The maximum Gasteiger partial charge on any atom is 0.407 e. The van der Waals surface area contributed by atoms with Crippen molar-refractivity contribution in [2.45, 2.75) is 65.6 Å². The zero-order valence-electron chi connectivity index (χ0n) is 21.1. The van der Waals surface area contributed by atoms with Crippen molar-refractivity contribution in [3.8, 4) is 5.75 Å². The van der Waals surface area contributed by atoms with E-state index in [1.54, 1.807) is 0 Å². The van der Waals surface area contributed by atoms with Gasteiger partial charge in [-0.1, -0.05) is 13.8 Å². The third kappa shape index (κ3) is 13.5. The van der Waals surface area contributed by atoms with E-state index in [9.17, 15) is 19.7 Å². The van der Waals surface area contributed by atoms with E-state index < -0.39 is 17.6 Å². The van der Waals surface area contributed by atoms with Crippen LogP contribution in [-0.4, -0.2) is 60.5 Å². The van der Waals surface area contributed by atoms with Crippen LogP contribution in [0.4, 0.5) is 10.5 Å². The fourth-order valence-electron chi connectivity index (χ4n) is 2.90. The predicted molar refractivity (Wildman–Crippen MR) is 130 cm³/mol. The molecule has 11 nitrogen and oxygen atoms in total. The molecule has 1 rings (SSSR count). The third-order valence-electron chi connectivity index (χ3n) is 5.08. The van der Waals surface area contributed by atoms with Gasteiger partial charge in [0.2, 0.25) is 5.91 Å². The lowest BCUT2D eigenvalue weighted by Crippen LogP contribution is -2.35. The summed E-state index contributed by atoms with van der Waals surface area (Å²) < 4.78 is 16.4. The van der Waals surface area contributed by atoms with Crippen molar-refractivity contribution in [1.29, 1.82) is 0 Å². The molecule has 0 fully saturated rings. The van der Waals surface area contributed by atoms with Crippen LogP contribution in [0.5, 0.6) is 5.75 Å². The molecular weight excluding hydrogens is 458 g/mol. The zero-order valence-corrected chi connectivity index (χ0v) is 21.1. The Morgan fingerprint density at radius 2 is 1.86 bits per heavy atom. The third-order valence-corrected chi connectivity index (χ3v) is 5.08. The molecule has 0 saturated carbocycles. The molecule has 0 radical (unpaired) electrons. The molecule has 11 heteroatoms. The molecule has 0 saturated heterocycles. The Balaban J connectivity index is 2.13. The molecule has 1 aromatic rings. The second-order valence-corrected chi connectivity index (χ2v) is 9.11. The van der Waals surface area contributed by atoms with E-state index in [0.29, 0.717) is 31.1 Å². The van der Waals surface area contributed by atoms with E-state index in [1.165, 1.54) is 18.2 Å². The summed E-state index contributed by atoms with van der Waals surface area (Å²) in [5.41, 5.74) is -0.383. The minimum atomic E-state index is -0.583. The highest BCUT2D eigenvalue weighted by molar-refractivity contribution is 5.75. The zero-order chi connectivity index (χ0) is 26.3. The number of hydrogen-bond acceptors (Lipinski definition) is 8. The number of benzene rings is 1. The number of nitrogens with one attached hydrogen (secondary N) is 2. The summed E-state index contributed by atoms with van der Waals surface area (Å²) in [6.07, 6.45) is 1.62. The Morgan fingerprint density at radius 3 is 2.51 bits per heavy atom. The monoisotopic (exact) mass is 497 g/mol. The molecule has 0 atom stereocenters. The summed E-state index contributed by atoms with van der Waals surface area (Å²) in [4.78, 5) is 34.1. The number of hydrogen-bond donors (Lipinski definition) is 3. The molecular formula is C24H39N3O8. The van der Waals surface area contributed by atoms with Crippen molar-refractivity contribution in [2.75, 3.05) is 32.9 Å². The van der Waals surface area contributed by atoms with Gasteiger partial charge in [-0.3, -0.25) is 14.9 Å². The fraction of sp³-hybridized carbons (Fsp3) is 0.667. The van der Waals surface area contributed by atoms with Gasteiger partial charge < -0.3 is 30.0 Å². The van der Waals surface area contributed by atoms with Crippen LogP contribution >= 0.6 is 0 Å². The molecule has 1 aromatic carbocycles. The summed E-state index contributed by atoms with van der Waals surface area (Å²) in [6, 6.07) is 4.21. The lowest BCUT2D eigenvalue weighted by Gasteiger charge is -2.25. The average Bonchev–Trinajstić information content (AvgIpc) is 2.78. The maximum absolute atomic E-state index is 11.9. The number of nitro benzene ring substituents is 1. The van der Waals surface area contributed by atoms with Gasteiger partial charge in [0.25, 0.3) is 5.69 Å². The van der Waals surface area contributed by atoms with Gasteiger partial charge in [-0.15, -0.1) is 0 Å². The molecule has 0 heterocycles. The SMILES string of the molecule is CC(C)CCOC(C)(C)CCOC(=O)NCCNC(=O)CCCOc1ccc(CO)c([N+](=O)[O-])c1. The first-order valence-electron chi connectivity index (χ1n) is 11.9. The Morgan fingerprint density at radius 1 is 1.14 bits per heavy atom. The van der Waals surface area contributed by atoms with Crippen molar-refractivity contribution in [3.63, 3.8) is 0 Å². The molecule has 0 unspecified atom stereocenters. The summed E-state index contributed by atoms with van der Waals surface area (Å²) in [5.74, 6) is 0.664. The van der Waals surface area contributed by atoms with Crippen LogP contribution in [0.3, 0.4) is 0 Å². The minimum absolute atomic E-state index is 0.200. The topological polar surface area (TPSA) is 149 Å². The molecule has 0 aromatic heterocycles. The number of aliphatic hydroxyl groups excluding tert-OH is 1. The van der Waals surface area contributed by atoms with Gasteiger partial charge in [-0.05, 0) is 44.7 Å². The number of amides is 2. The van der Waals surface area contributed by atoms with Gasteiger partial charge in [0.15, 0.2) is 0 Å². The molecule has 35 heavy (non-hydrogen) atoms. The average molecular weight is 498 g/mol. The second-order valence-electron chi connectivity index (χ2n) is 9.11. The van der Waals surface area contributed by atoms with E-state index in [0.717, 1.165) is 6.42 Å². The molecule has 198 valence electrons. The van der Waals surface area contributed by atoms with Crippen LogP contribution in [0, 0.1) is 16.0 Å². The van der Waals surface area contributed by atoms with Crippen molar-refractivity contribution in [2.24, 2.45) is 5.92 Å². The summed E-state index contributed by atoms with van der Waals surface area (Å²) in [5, 5.41) is 25.4. The fourth-order valence-corrected chi connectivity index (χ4v) is 2.90. The summed E-state index contributed by atoms with van der Waals surface area (Å²) >= 11 is 0. The van der Waals surface area contributed by atoms with Gasteiger partial charge in [-0.2, -0.15) is 0 Å². The molecule has 0 aliphatic rings. The largest absolute Gasteiger partial charge is 0.493 e. The number of nitrogens with zero attached hydrogens (tertiary/aromatic N) is 1. The number of ether oxygens (including phenoxy) is 3. The van der Waals surface area contributed by atoms with Gasteiger partial charge in [0.1, 0.15) is 5.75 Å². The van der Waals surface area contributed by atoms with Crippen molar-refractivity contribution in [1.82, 2.24) is 10.6 Å². The highest BCUT2D eigenvalue weighted by Crippen LogP contribution is 2.24. The Hall–Kier alpha value is -2.92. The number of aliphatic hydroxyl groups is 1. The van der Waals surface area contributed by atoms with Crippen molar-refractivity contribution in [3.05, 3.63) is 33.9 Å². The van der Waals surface area contributed by atoms with Crippen LogP contribution in [0.25, 0.3) is 0 Å². The number of carbonyl (C=O) groups is 2. The van der Waals surface area contributed by atoms with E-state index in [1.807, 2.05) is 13.8 Å². The molecule has 0 aliphatic heterocycles. The first-order chi connectivity index (χ1) is 16.5. The molecule has 0 spiro atoms. The molecule has 2 amide bonds. The highest BCUT2D eigenvalue weighted by atomic mass is 16.6. The van der Waals surface area contributed by atoms with E-state index in [2.05, 4.69) is 24.5 Å². The molecule has 0 bridgehead atoms. The lowest BCUT2D eigenvalue weighted by molar-refractivity contribution is -0.385. The van der Waals surface area contributed by atoms with Crippen molar-refractivity contribution >= 4 is 17.7 Å². The quantitative estimate of drug-likeness (QED) is 0.169. The van der Waals surface area contributed by atoms with Crippen LogP contribution in [0.1, 0.15) is 58.9 Å². The van der Waals surface area contributed by atoms with E-state index in [4.69, 9.17) is 19.3 Å². The Bertz CT molecular complexity index is 814. The van der Waals surface area contributed by atoms with Gasteiger partial charge in [0, 0.05) is 32.5 Å². The van der Waals surface area contributed by atoms with Gasteiger partial charge in [0.05, 0.1) is 42.0 Å². The normalized spacial score (nSPS) is 11.3. The summed E-state index contributed by atoms with van der Waals surface area (Å²) in [6.45, 7) is 9.36. The predicted octanol–water partition coefficient (Wildman–Crippen LogP) is 3.32. The second kappa shape index (κ2) is 15.9. The Kier molecular flexibility index (Phi) is 13.7. The minimum Gasteiger partial charge on any atom is -0.493 e. The molecule has 0 aliphatic carbocycles. The smallest absolute Gasteiger partial charge is 0.407 e. The number of carbonyl (C=O) groups excluding carboxylic acids is 2. The number of nitro groups is 1. The number of alkyl carbamates (subject to hydrolysis) is 1. The van der Waals surface area contributed by atoms with E-state index >= 15 is 0 Å². The van der Waals surface area contributed by atoms with E-state index in [-0.39, 0.29) is 55.5 Å². The Labute approximate surface area is 206 Å². The first-order valence-corrected chi connectivity index (χ1v) is 11.9. The van der Waals surface area contributed by atoms with Crippen LogP contribution in [-0.2, 0) is 20.9 Å². The van der Waals surface area contributed by atoms with Crippen LogP contribution in [0.2, 0.25) is 0 Å². The standard InChI is InChI=1S/C24H39N3O8/c1-18(2)9-14-35-24(3,4)10-15-34-23(30)26-12-11-25-22(29)6-5-13-33-20-8-7-19(17-28)21(16-20)27(31)32/h7-8,16,18,28H,5-6,9-15,17H2,1-4H3,(H,25,29)(H,26,30). The van der Waals surface area contributed by atoms with Crippen LogP contribution < -0.4 is 15.4 Å².